The van der Waals surface area contributed by atoms with Gasteiger partial charge in [0.05, 0.1) is 0 Å². The van der Waals surface area contributed by atoms with Crippen LogP contribution in [0.5, 0.6) is 0 Å². The summed E-state index contributed by atoms with van der Waals surface area (Å²) in [6, 6.07) is 0. The van der Waals surface area contributed by atoms with E-state index in [1.54, 1.807) is 16.7 Å². The molecule has 2 aliphatic carbocycles. The van der Waals surface area contributed by atoms with Gasteiger partial charge in [-0.05, 0) is 0 Å². The van der Waals surface area contributed by atoms with Crippen LogP contribution in [0.15, 0.2) is 43.8 Å². The van der Waals surface area contributed by atoms with Crippen LogP contribution in [0.4, 0.5) is 0 Å². The van der Waals surface area contributed by atoms with E-state index < -0.39 is 23.2 Å². The molecule has 0 bridgehead atoms. The third kappa shape index (κ3) is 3.75. The molecule has 0 aromatic heterocycles. The predicted molar refractivity (Wildman–Crippen MR) is 71.5 cm³/mol. The molecule has 3 heteroatoms. The molecule has 2 rings (SSSR count). The largest absolute Gasteiger partial charge is 1.00 e. The minimum Gasteiger partial charge on any atom is -1.00 e. The first-order valence-corrected chi connectivity index (χ1v) is 8.85. The van der Waals surface area contributed by atoms with Crippen LogP contribution in [0.25, 0.3) is 0 Å². The molecule has 0 aliphatic heterocycles. The second-order valence-corrected chi connectivity index (χ2v) is 10.3. The van der Waals surface area contributed by atoms with Gasteiger partial charge < -0.3 is 24.8 Å². The Kier molecular flexibility index (Phi) is 7.08. The summed E-state index contributed by atoms with van der Waals surface area (Å²) in [7, 11) is 0. The number of halogens is 2. The first-order valence-electron chi connectivity index (χ1n) is 6.39. The Balaban J connectivity index is 0.00000162. The fourth-order valence-corrected chi connectivity index (χ4v) is 7.37. The Morgan fingerprint density at radius 1 is 1.05 bits per heavy atom. The van der Waals surface area contributed by atoms with E-state index in [2.05, 4.69) is 59.8 Å². The molecular formula is C16H22Cl2Zr. The minimum absolute atomic E-state index is 0. The Labute approximate surface area is 141 Å². The van der Waals surface area contributed by atoms with Gasteiger partial charge in [0, 0.05) is 0 Å². The quantitative estimate of drug-likeness (QED) is 0.582. The van der Waals surface area contributed by atoms with E-state index in [9.17, 15) is 0 Å². The monoisotopic (exact) mass is 374 g/mol. The van der Waals surface area contributed by atoms with Crippen molar-refractivity contribution in [3.8, 4) is 0 Å². The average Bonchev–Trinajstić information content (AvgIpc) is 2.69. The second-order valence-electron chi connectivity index (χ2n) is 5.70. The van der Waals surface area contributed by atoms with Crippen LogP contribution < -0.4 is 24.8 Å². The van der Waals surface area contributed by atoms with Crippen LogP contribution in [0.3, 0.4) is 0 Å². The fraction of sp³-hybridized carbons (Fsp3) is 0.500. The van der Waals surface area contributed by atoms with E-state index in [0.717, 1.165) is 0 Å². The van der Waals surface area contributed by atoms with Crippen molar-refractivity contribution in [1.82, 2.24) is 0 Å². The molecule has 0 amide bonds. The zero-order valence-electron chi connectivity index (χ0n) is 12.6. The smallest absolute Gasteiger partial charge is 1.00 e. The van der Waals surface area contributed by atoms with Gasteiger partial charge in [0.1, 0.15) is 0 Å². The molecule has 0 saturated carbocycles. The summed E-state index contributed by atoms with van der Waals surface area (Å²) in [5.41, 5.74) is 6.21. The summed E-state index contributed by atoms with van der Waals surface area (Å²) < 4.78 is 2.21. The number of hydrogen-bond acceptors (Lipinski definition) is 0. The first kappa shape index (κ1) is 19.4. The van der Waals surface area contributed by atoms with Gasteiger partial charge in [-0.2, -0.15) is 0 Å². The molecule has 104 valence electrons. The van der Waals surface area contributed by atoms with Gasteiger partial charge in [-0.15, -0.1) is 0 Å². The first-order chi connectivity index (χ1) is 7.84. The maximum absolute atomic E-state index is 2.48. The van der Waals surface area contributed by atoms with E-state index in [-0.39, 0.29) is 24.8 Å². The van der Waals surface area contributed by atoms with Crippen molar-refractivity contribution in [3.63, 3.8) is 0 Å². The number of allylic oxidation sites excluding steroid dienone is 8. The molecule has 19 heavy (non-hydrogen) atoms. The molecule has 0 aromatic carbocycles. The van der Waals surface area contributed by atoms with Gasteiger partial charge in [-0.25, -0.2) is 0 Å². The Morgan fingerprint density at radius 3 is 2.00 bits per heavy atom. The number of rotatable bonds is 2. The summed E-state index contributed by atoms with van der Waals surface area (Å²) in [6.07, 6.45) is 7.21. The third-order valence-electron chi connectivity index (χ3n) is 4.26. The summed E-state index contributed by atoms with van der Waals surface area (Å²) in [6.45, 7) is 14.0. The van der Waals surface area contributed by atoms with Crippen molar-refractivity contribution in [3.05, 3.63) is 43.8 Å². The maximum atomic E-state index is 2.48. The van der Waals surface area contributed by atoms with Crippen molar-refractivity contribution in [2.45, 2.75) is 44.7 Å². The summed E-state index contributed by atoms with van der Waals surface area (Å²) >= 11 is -0.565. The van der Waals surface area contributed by atoms with Crippen molar-refractivity contribution >= 4 is 0 Å². The van der Waals surface area contributed by atoms with Crippen molar-refractivity contribution in [2.24, 2.45) is 5.92 Å². The van der Waals surface area contributed by atoms with E-state index in [1.807, 2.05) is 3.28 Å². The van der Waals surface area contributed by atoms with Crippen LogP contribution in [-0.4, -0.2) is 0 Å². The minimum atomic E-state index is -0.565. The molecule has 0 heterocycles. The van der Waals surface area contributed by atoms with Gasteiger partial charge in [-0.1, -0.05) is 0 Å². The van der Waals surface area contributed by atoms with E-state index in [1.165, 1.54) is 5.57 Å². The van der Waals surface area contributed by atoms with Crippen LogP contribution in [0.1, 0.15) is 41.5 Å². The molecule has 0 N–H and O–H groups in total. The Morgan fingerprint density at radius 2 is 1.63 bits per heavy atom. The Bertz CT molecular complexity index is 483. The SMILES string of the molecule is CC1=C[C](C)([Zr+2][C]2=C(C)C(C)=C(C)C2C)C=C1.[Cl-].[Cl-]. The molecule has 0 radical (unpaired) electrons. The topological polar surface area (TPSA) is 0 Å². The van der Waals surface area contributed by atoms with Gasteiger partial charge in [0.2, 0.25) is 0 Å². The molecule has 2 atom stereocenters. The third-order valence-corrected chi connectivity index (χ3v) is 9.00. The molecule has 2 unspecified atom stereocenters. The zero-order valence-corrected chi connectivity index (χ0v) is 16.5. The van der Waals surface area contributed by atoms with E-state index in [4.69, 9.17) is 0 Å². The van der Waals surface area contributed by atoms with Crippen LogP contribution in [0.2, 0.25) is 3.12 Å². The van der Waals surface area contributed by atoms with Crippen LogP contribution in [-0.2, 0) is 23.2 Å². The van der Waals surface area contributed by atoms with Crippen molar-refractivity contribution in [1.29, 1.82) is 0 Å². The molecule has 0 saturated heterocycles. The molecule has 0 spiro atoms. The van der Waals surface area contributed by atoms with Crippen molar-refractivity contribution < 1.29 is 48.0 Å². The molecule has 2 aliphatic rings. The maximum Gasteiger partial charge on any atom is -1.00 e. The zero-order chi connectivity index (χ0) is 12.8. The fourth-order valence-electron chi connectivity index (χ4n) is 2.81. The summed E-state index contributed by atoms with van der Waals surface area (Å²) in [4.78, 5) is 0. The predicted octanol–water partition coefficient (Wildman–Crippen LogP) is -0.968. The van der Waals surface area contributed by atoms with Crippen LogP contribution in [0, 0.1) is 5.92 Å². The van der Waals surface area contributed by atoms with Gasteiger partial charge >= 0.3 is 118 Å². The molecular weight excluding hydrogens is 354 g/mol. The molecule has 0 fully saturated rings. The summed E-state index contributed by atoms with van der Waals surface area (Å²) in [5.74, 6) is 0.709. The normalized spacial score (nSPS) is 28.9. The van der Waals surface area contributed by atoms with Crippen molar-refractivity contribution in [2.75, 3.05) is 0 Å². The van der Waals surface area contributed by atoms with Crippen LogP contribution >= 0.6 is 0 Å². The second kappa shape index (κ2) is 6.92. The number of hydrogen-bond donors (Lipinski definition) is 0. The van der Waals surface area contributed by atoms with Gasteiger partial charge in [0.25, 0.3) is 0 Å². The van der Waals surface area contributed by atoms with E-state index >= 15 is 0 Å². The molecule has 0 aromatic rings. The van der Waals surface area contributed by atoms with Gasteiger partial charge in [0.15, 0.2) is 0 Å². The van der Waals surface area contributed by atoms with E-state index in [0.29, 0.717) is 9.04 Å². The molecule has 0 nitrogen and oxygen atoms in total. The summed E-state index contributed by atoms with van der Waals surface area (Å²) in [5, 5.41) is 0. The Hall–Kier alpha value is 0.423. The average molecular weight is 376 g/mol. The standard InChI is InChI=1S/C9H13.C7H9.2ClH.Zr/c1-6-5-7(2)9(4)8(6)3;1-6-3-4-7(2)5-6;;;/h6H,1-4H3;3-5H,1-2H3;2*1H;/q;;;;+2/p-2. The van der Waals surface area contributed by atoms with Gasteiger partial charge in [-0.3, -0.25) is 0 Å².